The molecule has 0 amide bonds. The summed E-state index contributed by atoms with van der Waals surface area (Å²) in [7, 11) is 0. The third-order valence-corrected chi connectivity index (χ3v) is 4.48. The second kappa shape index (κ2) is 12.5. The van der Waals surface area contributed by atoms with Gasteiger partial charge in [0.05, 0.1) is 0 Å². The van der Waals surface area contributed by atoms with Crippen LogP contribution < -0.4 is 4.90 Å². The molecule has 0 aliphatic heterocycles. The summed E-state index contributed by atoms with van der Waals surface area (Å²) in [6.07, 6.45) is 9.79. The number of hydrogen-bond donors (Lipinski definition) is 1. The Kier molecular flexibility index (Phi) is 10.8. The highest BCUT2D eigenvalue weighted by atomic mass is 16.2. The third kappa shape index (κ3) is 7.84. The van der Waals surface area contributed by atoms with Gasteiger partial charge in [0.2, 0.25) is 0 Å². The van der Waals surface area contributed by atoms with E-state index in [-0.39, 0.29) is 0 Å². The number of benzene rings is 1. The molecule has 22 heavy (non-hydrogen) atoms. The van der Waals surface area contributed by atoms with Crippen LogP contribution in [0.4, 0.5) is 5.69 Å². The Balaban J connectivity index is 2.54. The van der Waals surface area contributed by atoms with Gasteiger partial charge < -0.3 is 10.0 Å². The van der Waals surface area contributed by atoms with Gasteiger partial charge >= 0.3 is 0 Å². The molecule has 0 bridgehead atoms. The SMILES string of the molecule is CCCCC(CC)CN(CCCCCCO)c1ccccc1. The summed E-state index contributed by atoms with van der Waals surface area (Å²) in [4.78, 5) is 2.57. The Hall–Kier alpha value is -1.02. The van der Waals surface area contributed by atoms with Crippen molar-refractivity contribution in [2.24, 2.45) is 5.92 Å². The maximum absolute atomic E-state index is 8.88. The average Bonchev–Trinajstić information content (AvgIpc) is 2.57. The number of nitrogens with zero attached hydrogens (tertiary/aromatic N) is 1. The van der Waals surface area contributed by atoms with Crippen LogP contribution in [0.3, 0.4) is 0 Å². The van der Waals surface area contributed by atoms with Gasteiger partial charge in [-0.3, -0.25) is 0 Å². The Labute approximate surface area is 137 Å². The van der Waals surface area contributed by atoms with Gasteiger partial charge in [-0.2, -0.15) is 0 Å². The lowest BCUT2D eigenvalue weighted by molar-refractivity contribution is 0.282. The first-order valence-electron chi connectivity index (χ1n) is 9.22. The van der Waals surface area contributed by atoms with Crippen LogP contribution in [0.1, 0.15) is 65.2 Å². The molecule has 1 N–H and O–H groups in total. The second-order valence-electron chi connectivity index (χ2n) is 6.34. The van der Waals surface area contributed by atoms with E-state index in [9.17, 15) is 0 Å². The number of aliphatic hydroxyl groups is 1. The molecule has 1 aromatic rings. The van der Waals surface area contributed by atoms with E-state index < -0.39 is 0 Å². The number of unbranched alkanes of at least 4 members (excludes halogenated alkanes) is 4. The monoisotopic (exact) mass is 305 g/mol. The molecule has 0 radical (unpaired) electrons. The first kappa shape index (κ1) is 19.0. The van der Waals surface area contributed by atoms with Gasteiger partial charge in [0, 0.05) is 25.4 Å². The predicted octanol–water partition coefficient (Wildman–Crippen LogP) is 5.26. The van der Waals surface area contributed by atoms with Crippen LogP contribution in [-0.2, 0) is 0 Å². The molecule has 2 heteroatoms. The summed E-state index contributed by atoms with van der Waals surface area (Å²) >= 11 is 0. The number of anilines is 1. The standard InChI is InChI=1S/C20H35NO/c1-3-5-13-19(4-2)18-21(16-11-6-7-12-17-22)20-14-9-8-10-15-20/h8-10,14-15,19,22H,3-7,11-13,16-18H2,1-2H3. The highest BCUT2D eigenvalue weighted by Gasteiger charge is 2.13. The molecule has 0 spiro atoms. The van der Waals surface area contributed by atoms with Crippen LogP contribution in [0.5, 0.6) is 0 Å². The number of aliphatic hydroxyl groups excluding tert-OH is 1. The van der Waals surface area contributed by atoms with Gasteiger partial charge in [0.15, 0.2) is 0 Å². The Morgan fingerprint density at radius 1 is 0.955 bits per heavy atom. The quantitative estimate of drug-likeness (QED) is 0.502. The fourth-order valence-corrected chi connectivity index (χ4v) is 2.96. The van der Waals surface area contributed by atoms with E-state index in [1.807, 2.05) is 0 Å². The van der Waals surface area contributed by atoms with Gasteiger partial charge in [-0.05, 0) is 37.3 Å². The molecular formula is C20H35NO. The zero-order valence-electron chi connectivity index (χ0n) is 14.6. The molecule has 0 saturated carbocycles. The normalized spacial score (nSPS) is 12.3. The number of rotatable bonds is 13. The van der Waals surface area contributed by atoms with E-state index in [0.29, 0.717) is 6.61 Å². The van der Waals surface area contributed by atoms with Crippen molar-refractivity contribution in [1.29, 1.82) is 0 Å². The topological polar surface area (TPSA) is 23.5 Å². The molecule has 126 valence electrons. The van der Waals surface area contributed by atoms with Crippen molar-refractivity contribution < 1.29 is 5.11 Å². The summed E-state index contributed by atoms with van der Waals surface area (Å²) in [5.74, 6) is 0.803. The van der Waals surface area contributed by atoms with Crippen molar-refractivity contribution in [2.75, 3.05) is 24.6 Å². The molecule has 1 rings (SSSR count). The Bertz CT molecular complexity index is 352. The van der Waals surface area contributed by atoms with Crippen LogP contribution in [0, 0.1) is 5.92 Å². The summed E-state index contributed by atoms with van der Waals surface area (Å²) in [6.45, 7) is 7.25. The Morgan fingerprint density at radius 3 is 2.32 bits per heavy atom. The maximum atomic E-state index is 8.88. The molecule has 0 aromatic heterocycles. The summed E-state index contributed by atoms with van der Waals surface area (Å²) < 4.78 is 0. The maximum Gasteiger partial charge on any atom is 0.0431 e. The minimum Gasteiger partial charge on any atom is -0.396 e. The highest BCUT2D eigenvalue weighted by molar-refractivity contribution is 5.45. The zero-order chi connectivity index (χ0) is 16.0. The van der Waals surface area contributed by atoms with E-state index in [1.54, 1.807) is 0 Å². The van der Waals surface area contributed by atoms with Crippen molar-refractivity contribution in [3.63, 3.8) is 0 Å². The fourth-order valence-electron chi connectivity index (χ4n) is 2.96. The third-order valence-electron chi connectivity index (χ3n) is 4.48. The van der Waals surface area contributed by atoms with E-state index >= 15 is 0 Å². The second-order valence-corrected chi connectivity index (χ2v) is 6.34. The predicted molar refractivity (Wildman–Crippen MR) is 97.5 cm³/mol. The lowest BCUT2D eigenvalue weighted by atomic mass is 9.98. The van der Waals surface area contributed by atoms with Crippen molar-refractivity contribution in [1.82, 2.24) is 0 Å². The van der Waals surface area contributed by atoms with Crippen LogP contribution >= 0.6 is 0 Å². The average molecular weight is 306 g/mol. The smallest absolute Gasteiger partial charge is 0.0431 e. The van der Waals surface area contributed by atoms with Gasteiger partial charge in [-0.15, -0.1) is 0 Å². The van der Waals surface area contributed by atoms with Crippen LogP contribution in [0.15, 0.2) is 30.3 Å². The Morgan fingerprint density at radius 2 is 1.68 bits per heavy atom. The van der Waals surface area contributed by atoms with E-state index in [0.717, 1.165) is 25.3 Å². The van der Waals surface area contributed by atoms with Crippen molar-refractivity contribution in [2.45, 2.75) is 65.2 Å². The molecule has 1 atom stereocenters. The fraction of sp³-hybridized carbons (Fsp3) is 0.700. The first-order chi connectivity index (χ1) is 10.8. The summed E-state index contributed by atoms with van der Waals surface area (Å²) in [5, 5.41) is 8.88. The van der Waals surface area contributed by atoms with Crippen LogP contribution in [-0.4, -0.2) is 24.8 Å². The van der Waals surface area contributed by atoms with Crippen LogP contribution in [0.25, 0.3) is 0 Å². The van der Waals surface area contributed by atoms with Crippen molar-refractivity contribution >= 4 is 5.69 Å². The first-order valence-corrected chi connectivity index (χ1v) is 9.22. The highest BCUT2D eigenvalue weighted by Crippen LogP contribution is 2.20. The van der Waals surface area contributed by atoms with E-state index in [1.165, 1.54) is 50.8 Å². The molecule has 0 fully saturated rings. The van der Waals surface area contributed by atoms with Crippen molar-refractivity contribution in [3.05, 3.63) is 30.3 Å². The van der Waals surface area contributed by atoms with Gasteiger partial charge in [0.25, 0.3) is 0 Å². The van der Waals surface area contributed by atoms with Crippen molar-refractivity contribution in [3.8, 4) is 0 Å². The van der Waals surface area contributed by atoms with Gasteiger partial charge in [0.1, 0.15) is 0 Å². The minimum atomic E-state index is 0.331. The van der Waals surface area contributed by atoms with Crippen LogP contribution in [0.2, 0.25) is 0 Å². The summed E-state index contributed by atoms with van der Waals surface area (Å²) in [5.41, 5.74) is 1.36. The number of para-hydroxylation sites is 1. The molecular weight excluding hydrogens is 270 g/mol. The molecule has 1 aromatic carbocycles. The van der Waals surface area contributed by atoms with Gasteiger partial charge in [-0.25, -0.2) is 0 Å². The van der Waals surface area contributed by atoms with E-state index in [2.05, 4.69) is 49.1 Å². The zero-order valence-corrected chi connectivity index (χ0v) is 14.6. The summed E-state index contributed by atoms with van der Waals surface area (Å²) in [6, 6.07) is 10.8. The number of hydrogen-bond acceptors (Lipinski definition) is 2. The lowest BCUT2D eigenvalue weighted by Gasteiger charge is -2.29. The molecule has 0 heterocycles. The molecule has 2 nitrogen and oxygen atoms in total. The molecule has 0 aliphatic rings. The lowest BCUT2D eigenvalue weighted by Crippen LogP contribution is -2.30. The minimum absolute atomic E-state index is 0.331. The largest absolute Gasteiger partial charge is 0.396 e. The molecule has 1 unspecified atom stereocenters. The molecule has 0 saturated heterocycles. The van der Waals surface area contributed by atoms with E-state index in [4.69, 9.17) is 5.11 Å². The molecule has 0 aliphatic carbocycles. The van der Waals surface area contributed by atoms with Gasteiger partial charge in [-0.1, -0.05) is 64.2 Å².